The fraction of sp³-hybridized carbons (Fsp3) is 0.235. The summed E-state index contributed by atoms with van der Waals surface area (Å²) in [4.78, 5) is -0.00790. The van der Waals surface area contributed by atoms with Gasteiger partial charge in [-0.1, -0.05) is 11.3 Å². The van der Waals surface area contributed by atoms with Crippen LogP contribution in [0.2, 0.25) is 0 Å². The van der Waals surface area contributed by atoms with Gasteiger partial charge in [0.05, 0.1) is 4.90 Å². The fourth-order valence-corrected chi connectivity index (χ4v) is 5.44. The molecule has 9 nitrogen and oxygen atoms in total. The summed E-state index contributed by atoms with van der Waals surface area (Å²) in [6, 6.07) is 8.39. The number of nitrogens with one attached hydrogen (secondary N) is 2. The minimum atomic E-state index is -4.30. The monoisotopic (exact) mass is 453 g/mol. The van der Waals surface area contributed by atoms with Gasteiger partial charge >= 0.3 is 0 Å². The first kappa shape index (κ1) is 21.3. The molecule has 0 amide bonds. The lowest BCUT2D eigenvalue weighted by Gasteiger charge is -2.09. The van der Waals surface area contributed by atoms with Gasteiger partial charge in [-0.15, -0.1) is 10.2 Å². The predicted molar refractivity (Wildman–Crippen MR) is 109 cm³/mol. The average Bonchev–Trinajstić information content (AvgIpc) is 3.08. The molecule has 3 rings (SSSR count). The van der Waals surface area contributed by atoms with Gasteiger partial charge in [0.2, 0.25) is 15.2 Å². The topological polar surface area (TPSA) is 134 Å². The lowest BCUT2D eigenvalue weighted by atomic mass is 10.1. The van der Waals surface area contributed by atoms with E-state index >= 15 is 0 Å². The Kier molecular flexibility index (Phi) is 5.47. The minimum Gasteiger partial charge on any atom is -0.558 e. The van der Waals surface area contributed by atoms with E-state index in [-0.39, 0.29) is 10.0 Å². The van der Waals surface area contributed by atoms with Crippen LogP contribution < -0.4 is 9.29 Å². The minimum absolute atomic E-state index is 0.00790. The van der Waals surface area contributed by atoms with Gasteiger partial charge in [-0.2, -0.15) is 4.57 Å². The summed E-state index contributed by atoms with van der Waals surface area (Å²) in [7, 11) is -8.28. The molecule has 0 bridgehead atoms. The average molecular weight is 454 g/mol. The number of benzene rings is 1. The molecule has 0 fully saturated rings. The van der Waals surface area contributed by atoms with Gasteiger partial charge in [-0.05, 0) is 31.5 Å². The third-order valence-electron chi connectivity index (χ3n) is 4.51. The van der Waals surface area contributed by atoms with Gasteiger partial charge in [-0.3, -0.25) is 4.72 Å². The van der Waals surface area contributed by atoms with Crippen molar-refractivity contribution in [2.75, 3.05) is 4.72 Å². The molecule has 2 heterocycles. The number of sulfonamides is 2. The SMILES string of the molecule is Cc1cc(C)[n+](-c2ccc(S(=O)(=O)Nc3nnc(S([NH-])(=O)=O)s3)cc2)c(C)c1C. The summed E-state index contributed by atoms with van der Waals surface area (Å²) in [6.07, 6.45) is 0. The smallest absolute Gasteiger partial charge is 0.263 e. The summed E-state index contributed by atoms with van der Waals surface area (Å²) >= 11 is 0.476. The van der Waals surface area contributed by atoms with E-state index < -0.39 is 24.4 Å². The Morgan fingerprint density at radius 1 is 1.00 bits per heavy atom. The molecule has 0 saturated heterocycles. The zero-order chi connectivity index (χ0) is 21.6. The summed E-state index contributed by atoms with van der Waals surface area (Å²) in [5, 5.41) is 13.5. The third-order valence-corrected chi connectivity index (χ3v) is 8.08. The van der Waals surface area contributed by atoms with Crippen LogP contribution in [0.3, 0.4) is 0 Å². The van der Waals surface area contributed by atoms with Gasteiger partial charge in [-0.25, -0.2) is 16.8 Å². The van der Waals surface area contributed by atoms with E-state index in [0.717, 1.165) is 22.6 Å². The van der Waals surface area contributed by atoms with Crippen molar-refractivity contribution in [3.05, 3.63) is 58.0 Å². The highest BCUT2D eigenvalue weighted by Gasteiger charge is 2.22. The van der Waals surface area contributed by atoms with E-state index in [1.807, 2.05) is 32.3 Å². The normalized spacial score (nSPS) is 12.2. The van der Waals surface area contributed by atoms with Crippen LogP contribution in [0, 0.1) is 27.7 Å². The first-order valence-electron chi connectivity index (χ1n) is 8.36. The summed E-state index contributed by atoms with van der Waals surface area (Å²) < 4.78 is 51.1. The van der Waals surface area contributed by atoms with Crippen LogP contribution in [0.4, 0.5) is 5.13 Å². The second kappa shape index (κ2) is 7.44. The Balaban J connectivity index is 1.92. The molecule has 0 radical (unpaired) electrons. The number of pyridine rings is 1. The summed E-state index contributed by atoms with van der Waals surface area (Å²) in [5.41, 5.74) is 5.25. The summed E-state index contributed by atoms with van der Waals surface area (Å²) in [6.45, 7) is 8.08. The molecule has 0 aliphatic carbocycles. The van der Waals surface area contributed by atoms with Crippen molar-refractivity contribution in [3.63, 3.8) is 0 Å². The van der Waals surface area contributed by atoms with Crippen molar-refractivity contribution in [1.82, 2.24) is 10.2 Å². The molecule has 3 aromatic rings. The number of hydrogen-bond donors (Lipinski definition) is 1. The molecule has 0 spiro atoms. The van der Waals surface area contributed by atoms with Crippen molar-refractivity contribution in [1.29, 1.82) is 0 Å². The van der Waals surface area contributed by atoms with Gasteiger partial charge in [0.25, 0.3) is 10.0 Å². The number of anilines is 1. The van der Waals surface area contributed by atoms with E-state index in [2.05, 4.69) is 21.0 Å². The quantitative estimate of drug-likeness (QED) is 0.590. The highest BCUT2D eigenvalue weighted by atomic mass is 32.2. The predicted octanol–water partition coefficient (Wildman–Crippen LogP) is 2.59. The van der Waals surface area contributed by atoms with Crippen molar-refractivity contribution in [3.8, 4) is 5.69 Å². The molecular weight excluding hydrogens is 434 g/mol. The second-order valence-electron chi connectivity index (χ2n) is 6.49. The molecule has 1 aromatic carbocycles. The Morgan fingerprint density at radius 2 is 1.62 bits per heavy atom. The number of aromatic nitrogens is 3. The molecule has 0 unspecified atom stereocenters. The van der Waals surface area contributed by atoms with Crippen LogP contribution in [0.25, 0.3) is 10.8 Å². The van der Waals surface area contributed by atoms with E-state index in [9.17, 15) is 16.8 Å². The maximum Gasteiger partial charge on any atom is 0.263 e. The fourth-order valence-electron chi connectivity index (χ4n) is 2.91. The summed E-state index contributed by atoms with van der Waals surface area (Å²) in [5.74, 6) is 0. The van der Waals surface area contributed by atoms with Gasteiger partial charge in [0, 0.05) is 37.6 Å². The van der Waals surface area contributed by atoms with Crippen molar-refractivity contribution in [2.45, 2.75) is 36.9 Å². The molecule has 29 heavy (non-hydrogen) atoms. The van der Waals surface area contributed by atoms with Gasteiger partial charge in [0.1, 0.15) is 10.0 Å². The molecule has 2 aromatic heterocycles. The van der Waals surface area contributed by atoms with E-state index in [1.54, 1.807) is 12.1 Å². The number of aryl methyl sites for hydroxylation is 2. The van der Waals surface area contributed by atoms with Crippen molar-refractivity contribution >= 4 is 36.5 Å². The molecule has 12 heteroatoms. The molecular formula is C17H19N5O4S3. The van der Waals surface area contributed by atoms with Crippen LogP contribution in [-0.4, -0.2) is 27.0 Å². The number of hydrogen-bond acceptors (Lipinski definition) is 7. The second-order valence-corrected chi connectivity index (χ2v) is 10.8. The van der Waals surface area contributed by atoms with Crippen molar-refractivity contribution < 1.29 is 21.4 Å². The van der Waals surface area contributed by atoms with Crippen molar-refractivity contribution in [2.24, 2.45) is 0 Å². The zero-order valence-electron chi connectivity index (χ0n) is 16.1. The molecule has 0 saturated carbocycles. The highest BCUT2D eigenvalue weighted by Crippen LogP contribution is 2.24. The Labute approximate surface area is 173 Å². The van der Waals surface area contributed by atoms with Crippen LogP contribution in [0.1, 0.15) is 22.5 Å². The maximum atomic E-state index is 12.6. The standard InChI is InChI=1S/C17H19N5O4S3/c1-10-9-11(2)22(13(4)12(10)3)14-5-7-15(8-6-14)29(25,26)21-16-19-20-17(27-16)28(18,23)24/h5-9H,1-4H3,(H2-,18,19,21,23,24). The van der Waals surface area contributed by atoms with E-state index in [0.29, 0.717) is 11.3 Å². The molecule has 0 aliphatic rings. The lowest BCUT2D eigenvalue weighted by molar-refractivity contribution is -0.610. The lowest BCUT2D eigenvalue weighted by Crippen LogP contribution is -2.38. The Hall–Kier alpha value is -2.41. The van der Waals surface area contributed by atoms with Crippen LogP contribution in [0.5, 0.6) is 0 Å². The Bertz CT molecular complexity index is 1300. The van der Waals surface area contributed by atoms with Gasteiger partial charge < -0.3 is 5.14 Å². The molecule has 0 atom stereocenters. The first-order chi connectivity index (χ1) is 13.4. The maximum absolute atomic E-state index is 12.6. The van der Waals surface area contributed by atoms with Gasteiger partial charge in [0.15, 0.2) is 11.4 Å². The largest absolute Gasteiger partial charge is 0.558 e. The van der Waals surface area contributed by atoms with Crippen LogP contribution in [0.15, 0.2) is 39.6 Å². The molecule has 154 valence electrons. The van der Waals surface area contributed by atoms with E-state index in [1.165, 1.54) is 17.7 Å². The number of nitrogens with zero attached hydrogens (tertiary/aromatic N) is 3. The first-order valence-corrected chi connectivity index (χ1v) is 12.1. The number of rotatable bonds is 5. The van der Waals surface area contributed by atoms with Crippen LogP contribution >= 0.6 is 11.3 Å². The molecule has 0 aliphatic heterocycles. The van der Waals surface area contributed by atoms with Crippen LogP contribution in [-0.2, 0) is 20.0 Å². The zero-order valence-corrected chi connectivity index (χ0v) is 18.5. The molecule has 2 N–H and O–H groups in total. The third kappa shape index (κ3) is 4.29. The highest BCUT2D eigenvalue weighted by molar-refractivity contribution is 7.95. The van der Waals surface area contributed by atoms with E-state index in [4.69, 9.17) is 5.14 Å². The Morgan fingerprint density at radius 3 is 2.17 bits per heavy atom.